The molecule has 1 saturated carbocycles. The predicted molar refractivity (Wildman–Crippen MR) is 85.4 cm³/mol. The molecule has 1 heterocycles. The number of thiazole rings is 1. The van der Waals surface area contributed by atoms with Crippen LogP contribution in [0.2, 0.25) is 0 Å². The van der Waals surface area contributed by atoms with Crippen molar-refractivity contribution in [1.82, 2.24) is 4.98 Å². The number of Topliss-reactive ketones (excluding diaryl/α,β-unsaturated/α-hetero) is 3. The van der Waals surface area contributed by atoms with Crippen LogP contribution in [0.25, 0.3) is 10.2 Å². The van der Waals surface area contributed by atoms with Crippen LogP contribution in [0.15, 0.2) is 12.1 Å². The Morgan fingerprint density at radius 1 is 1.27 bits per heavy atom. The van der Waals surface area contributed by atoms with Gasteiger partial charge < -0.3 is 0 Å². The van der Waals surface area contributed by atoms with E-state index in [4.69, 9.17) is 0 Å². The summed E-state index contributed by atoms with van der Waals surface area (Å²) in [5, 5.41) is 1.02. The van der Waals surface area contributed by atoms with E-state index in [1.807, 2.05) is 19.9 Å². The van der Waals surface area contributed by atoms with Crippen LogP contribution in [0.1, 0.15) is 47.1 Å². The molecule has 0 bridgehead atoms. The molecule has 114 valence electrons. The van der Waals surface area contributed by atoms with Crippen molar-refractivity contribution in [3.63, 3.8) is 0 Å². The third-order valence-corrected chi connectivity index (χ3v) is 5.34. The molecule has 2 aromatic rings. The highest BCUT2D eigenvalue weighted by Gasteiger charge is 2.37. The number of benzene rings is 1. The van der Waals surface area contributed by atoms with Gasteiger partial charge in [-0.3, -0.25) is 14.4 Å². The maximum atomic E-state index is 12.7. The summed E-state index contributed by atoms with van der Waals surface area (Å²) in [6.07, 6.45) is 2.05. The van der Waals surface area contributed by atoms with E-state index in [0.717, 1.165) is 27.2 Å². The maximum Gasteiger partial charge on any atom is 0.181 e. The van der Waals surface area contributed by atoms with Crippen LogP contribution < -0.4 is 0 Å². The van der Waals surface area contributed by atoms with Gasteiger partial charge in [-0.15, -0.1) is 11.3 Å². The molecule has 1 fully saturated rings. The van der Waals surface area contributed by atoms with Crippen molar-refractivity contribution in [1.29, 1.82) is 0 Å². The SMILES string of the molecule is CCc1nc2c(C)c(C(=O)C3C(=O)CCCC3=O)ccc2s1. The highest BCUT2D eigenvalue weighted by Crippen LogP contribution is 2.30. The van der Waals surface area contributed by atoms with Crippen LogP contribution in [0.4, 0.5) is 0 Å². The zero-order chi connectivity index (χ0) is 15.9. The molecule has 1 aromatic heterocycles. The number of carbonyl (C=O) groups excluding carboxylic acids is 3. The van der Waals surface area contributed by atoms with E-state index in [1.165, 1.54) is 0 Å². The van der Waals surface area contributed by atoms with E-state index in [1.54, 1.807) is 17.4 Å². The summed E-state index contributed by atoms with van der Waals surface area (Å²) in [4.78, 5) is 41.2. The monoisotopic (exact) mass is 315 g/mol. The number of aromatic nitrogens is 1. The van der Waals surface area contributed by atoms with Gasteiger partial charge in [0.25, 0.3) is 0 Å². The van der Waals surface area contributed by atoms with Gasteiger partial charge in [0.15, 0.2) is 17.3 Å². The maximum absolute atomic E-state index is 12.7. The molecule has 0 N–H and O–H groups in total. The Hall–Kier alpha value is -1.88. The zero-order valence-corrected chi connectivity index (χ0v) is 13.5. The first-order valence-corrected chi connectivity index (χ1v) is 8.33. The fourth-order valence-electron chi connectivity index (χ4n) is 2.94. The molecule has 0 aliphatic heterocycles. The van der Waals surface area contributed by atoms with Crippen molar-refractivity contribution in [3.8, 4) is 0 Å². The molecule has 3 rings (SSSR count). The number of hydrogen-bond acceptors (Lipinski definition) is 5. The Kier molecular flexibility index (Phi) is 3.91. The number of fused-ring (bicyclic) bond motifs is 1. The molecule has 0 radical (unpaired) electrons. The van der Waals surface area contributed by atoms with Crippen molar-refractivity contribution < 1.29 is 14.4 Å². The lowest BCUT2D eigenvalue weighted by Gasteiger charge is -2.19. The number of aryl methyl sites for hydroxylation is 2. The lowest BCUT2D eigenvalue weighted by atomic mass is 9.81. The molecular formula is C17H17NO3S. The normalized spacial score (nSPS) is 16.5. The Morgan fingerprint density at radius 3 is 2.59 bits per heavy atom. The fraction of sp³-hybridized carbons (Fsp3) is 0.412. The first kappa shape index (κ1) is 15.0. The first-order chi connectivity index (χ1) is 10.5. The van der Waals surface area contributed by atoms with Crippen LogP contribution in [0, 0.1) is 12.8 Å². The third-order valence-electron chi connectivity index (χ3n) is 4.18. The van der Waals surface area contributed by atoms with Gasteiger partial charge >= 0.3 is 0 Å². The largest absolute Gasteiger partial charge is 0.298 e. The second-order valence-electron chi connectivity index (χ2n) is 5.63. The summed E-state index contributed by atoms with van der Waals surface area (Å²) < 4.78 is 1.03. The van der Waals surface area contributed by atoms with E-state index in [0.29, 0.717) is 24.8 Å². The van der Waals surface area contributed by atoms with Crippen LogP contribution in [-0.2, 0) is 16.0 Å². The van der Waals surface area contributed by atoms with Crippen LogP contribution in [0.5, 0.6) is 0 Å². The molecule has 22 heavy (non-hydrogen) atoms. The summed E-state index contributed by atoms with van der Waals surface area (Å²) >= 11 is 1.61. The average Bonchev–Trinajstić information content (AvgIpc) is 2.91. The van der Waals surface area contributed by atoms with Crippen LogP contribution in [0.3, 0.4) is 0 Å². The smallest absolute Gasteiger partial charge is 0.181 e. The van der Waals surface area contributed by atoms with Gasteiger partial charge in [0.1, 0.15) is 5.92 Å². The summed E-state index contributed by atoms with van der Waals surface area (Å²) in [6.45, 7) is 3.88. The first-order valence-electron chi connectivity index (χ1n) is 7.51. The molecule has 0 amide bonds. The Balaban J connectivity index is 2.05. The van der Waals surface area contributed by atoms with Gasteiger partial charge in [-0.1, -0.05) is 6.92 Å². The molecule has 0 atom stereocenters. The summed E-state index contributed by atoms with van der Waals surface area (Å²) in [6, 6.07) is 3.59. The van der Waals surface area contributed by atoms with Gasteiger partial charge in [0, 0.05) is 18.4 Å². The fourth-order valence-corrected chi connectivity index (χ4v) is 3.91. The molecule has 1 aliphatic rings. The Morgan fingerprint density at radius 2 is 1.95 bits per heavy atom. The standard InChI is InChI=1S/C17H17NO3S/c1-3-14-18-16-9(2)10(7-8-13(16)22-14)17(21)15-11(19)5-4-6-12(15)20/h7-8,15H,3-6H2,1-2H3. The van der Waals surface area contributed by atoms with Crippen molar-refractivity contribution in [2.75, 3.05) is 0 Å². The van der Waals surface area contributed by atoms with Crippen molar-refractivity contribution >= 4 is 38.9 Å². The zero-order valence-electron chi connectivity index (χ0n) is 12.6. The van der Waals surface area contributed by atoms with Gasteiger partial charge in [-0.2, -0.15) is 0 Å². The van der Waals surface area contributed by atoms with E-state index < -0.39 is 5.92 Å². The van der Waals surface area contributed by atoms with E-state index in [-0.39, 0.29) is 17.3 Å². The number of rotatable bonds is 3. The number of nitrogens with zero attached hydrogens (tertiary/aromatic N) is 1. The van der Waals surface area contributed by atoms with Gasteiger partial charge in [0.05, 0.1) is 15.2 Å². The van der Waals surface area contributed by atoms with Gasteiger partial charge in [-0.25, -0.2) is 4.98 Å². The minimum Gasteiger partial charge on any atom is -0.298 e. The summed E-state index contributed by atoms with van der Waals surface area (Å²) in [5.41, 5.74) is 2.03. The molecule has 1 aromatic carbocycles. The minimum absolute atomic E-state index is 0.242. The predicted octanol–water partition coefficient (Wildman–Crippen LogP) is 3.29. The second kappa shape index (κ2) is 5.72. The van der Waals surface area contributed by atoms with E-state index >= 15 is 0 Å². The summed E-state index contributed by atoms with van der Waals surface area (Å²) in [7, 11) is 0. The topological polar surface area (TPSA) is 64.1 Å². The van der Waals surface area contributed by atoms with Crippen molar-refractivity contribution in [3.05, 3.63) is 28.3 Å². The Labute approximate surface area is 132 Å². The second-order valence-corrected chi connectivity index (χ2v) is 6.74. The Bertz CT molecular complexity index is 775. The lowest BCUT2D eigenvalue weighted by molar-refractivity contribution is -0.133. The number of carbonyl (C=O) groups is 3. The molecule has 0 saturated heterocycles. The minimum atomic E-state index is -1.10. The van der Waals surface area contributed by atoms with Crippen LogP contribution in [-0.4, -0.2) is 22.3 Å². The van der Waals surface area contributed by atoms with Gasteiger partial charge in [0.2, 0.25) is 0 Å². The summed E-state index contributed by atoms with van der Waals surface area (Å²) in [5.74, 6) is -1.95. The molecule has 4 nitrogen and oxygen atoms in total. The molecular weight excluding hydrogens is 298 g/mol. The number of ketones is 3. The van der Waals surface area contributed by atoms with Crippen LogP contribution >= 0.6 is 11.3 Å². The lowest BCUT2D eigenvalue weighted by Crippen LogP contribution is -2.35. The van der Waals surface area contributed by atoms with Crippen molar-refractivity contribution in [2.45, 2.75) is 39.5 Å². The quantitative estimate of drug-likeness (QED) is 0.644. The molecule has 0 spiro atoms. The number of hydrogen-bond donors (Lipinski definition) is 0. The van der Waals surface area contributed by atoms with E-state index in [9.17, 15) is 14.4 Å². The third kappa shape index (κ3) is 2.39. The molecule has 0 unspecified atom stereocenters. The van der Waals surface area contributed by atoms with Gasteiger partial charge in [-0.05, 0) is 37.5 Å². The van der Waals surface area contributed by atoms with E-state index in [2.05, 4.69) is 4.98 Å². The highest BCUT2D eigenvalue weighted by atomic mass is 32.1. The average molecular weight is 315 g/mol. The van der Waals surface area contributed by atoms with Crippen molar-refractivity contribution in [2.24, 2.45) is 5.92 Å². The molecule has 1 aliphatic carbocycles. The molecule has 5 heteroatoms. The highest BCUT2D eigenvalue weighted by molar-refractivity contribution is 7.18.